The van der Waals surface area contributed by atoms with E-state index in [0.717, 1.165) is 8.95 Å². The summed E-state index contributed by atoms with van der Waals surface area (Å²) in [4.78, 5) is 9.91. The van der Waals surface area contributed by atoms with Crippen molar-refractivity contribution in [2.75, 3.05) is 0 Å². The van der Waals surface area contributed by atoms with Crippen LogP contribution in [0.2, 0.25) is 0 Å². The van der Waals surface area contributed by atoms with Crippen LogP contribution in [0.4, 0.5) is 0 Å². The van der Waals surface area contributed by atoms with Crippen LogP contribution in [0, 0.1) is 0 Å². The molecule has 0 atom stereocenters. The van der Waals surface area contributed by atoms with Crippen molar-refractivity contribution in [2.24, 2.45) is 0 Å². The van der Waals surface area contributed by atoms with Crippen molar-refractivity contribution < 1.29 is 48.0 Å². The van der Waals surface area contributed by atoms with Crippen LogP contribution in [0.25, 0.3) is 43.8 Å². The molecule has 2 nitrogen and oxygen atoms in total. The number of hydrogen-bond acceptors (Lipinski definition) is 1. The van der Waals surface area contributed by atoms with Gasteiger partial charge in [-0.25, -0.2) is 0 Å². The fourth-order valence-electron chi connectivity index (χ4n) is 4.71. The summed E-state index contributed by atoms with van der Waals surface area (Å²) in [5.74, 6) is 0. The molecule has 5 aliphatic rings. The molecule has 3 heterocycles. The predicted octanol–water partition coefficient (Wildman–Crippen LogP) is 0.890. The molecule has 0 saturated heterocycles. The first kappa shape index (κ1) is 23.0. The van der Waals surface area contributed by atoms with E-state index in [1.807, 2.05) is 11.8 Å². The van der Waals surface area contributed by atoms with Gasteiger partial charge in [0.15, 0.2) is 0 Å². The molecule has 2 aliphatic carbocycles. The SMILES string of the molecule is Brc1cc2c3c4[c]([nH]ccc-4cc3c1)[Zr+2][c]1[nH]ccc3cc4cc(Br)cc(c4c1-3)S2.[Cl-].[Cl-]. The van der Waals surface area contributed by atoms with Crippen molar-refractivity contribution in [1.82, 2.24) is 9.97 Å². The summed E-state index contributed by atoms with van der Waals surface area (Å²) in [5.41, 5.74) is 5.46. The van der Waals surface area contributed by atoms with Gasteiger partial charge in [-0.1, -0.05) is 0 Å². The molecule has 0 bridgehead atoms. The van der Waals surface area contributed by atoms with Gasteiger partial charge in [0, 0.05) is 0 Å². The molecule has 3 aliphatic heterocycles. The molecule has 0 saturated carbocycles. The van der Waals surface area contributed by atoms with Crippen molar-refractivity contribution in [3.63, 3.8) is 0 Å². The van der Waals surface area contributed by atoms with Gasteiger partial charge in [0.2, 0.25) is 0 Å². The summed E-state index contributed by atoms with van der Waals surface area (Å²) in [6.45, 7) is 0. The first-order chi connectivity index (χ1) is 14.7. The van der Waals surface area contributed by atoms with E-state index in [-0.39, 0.29) is 24.8 Å². The third-order valence-corrected chi connectivity index (χ3v) is 11.0. The van der Waals surface area contributed by atoms with Crippen LogP contribution in [0.5, 0.6) is 0 Å². The second kappa shape index (κ2) is 8.48. The van der Waals surface area contributed by atoms with Crippen molar-refractivity contribution in [3.05, 3.63) is 69.9 Å². The van der Waals surface area contributed by atoms with Crippen LogP contribution in [-0.2, 0) is 23.2 Å². The molecule has 7 rings (SSSR count). The quantitative estimate of drug-likeness (QED) is 0.245. The van der Waals surface area contributed by atoms with Gasteiger partial charge in [-0.3, -0.25) is 0 Å². The normalized spacial score (nSPS) is 12.1. The van der Waals surface area contributed by atoms with E-state index in [1.54, 1.807) is 0 Å². The van der Waals surface area contributed by atoms with Crippen molar-refractivity contribution in [2.45, 2.75) is 9.79 Å². The fraction of sp³-hybridized carbons (Fsp3) is 0. The van der Waals surface area contributed by atoms with Crippen molar-refractivity contribution in [1.29, 1.82) is 0 Å². The average molecular weight is 682 g/mol. The second-order valence-electron chi connectivity index (χ2n) is 7.62. The number of aromatic nitrogens is 2. The first-order valence-corrected chi connectivity index (χ1v) is 14.4. The molecule has 0 fully saturated rings. The molecule has 2 aromatic rings. The molecule has 32 heavy (non-hydrogen) atoms. The topological polar surface area (TPSA) is 31.6 Å². The molecule has 0 unspecified atom stereocenters. The largest absolute Gasteiger partial charge is 1.00 e. The second-order valence-corrected chi connectivity index (χ2v) is 13.6. The Morgan fingerprint density at radius 1 is 0.656 bits per heavy atom. The molecular weight excluding hydrogens is 670 g/mol. The van der Waals surface area contributed by atoms with Crippen LogP contribution in [-0.4, -0.2) is 9.97 Å². The van der Waals surface area contributed by atoms with Crippen LogP contribution < -0.4 is 31.6 Å². The monoisotopic (exact) mass is 678 g/mol. The van der Waals surface area contributed by atoms with Gasteiger partial charge in [-0.15, -0.1) is 0 Å². The molecule has 0 spiro atoms. The standard InChI is InChI=1S/C24H12Br2N2S.2ClH.Zr/c25-17-7-15-5-13-1-3-27-11-19(13)23(15)21(9-17)29-22-10-18(26)8-16-6-14-2-4-28-12-20(14)24(16)22;;;/h1-10,27-28H;2*1H;/q;;;+2/p-2. The number of rotatable bonds is 0. The molecule has 0 aromatic heterocycles. The van der Waals surface area contributed by atoms with Crippen LogP contribution in [0.15, 0.2) is 79.7 Å². The Balaban J connectivity index is 0.00000108. The predicted molar refractivity (Wildman–Crippen MR) is 129 cm³/mol. The number of H-pyrrole nitrogens is 2. The van der Waals surface area contributed by atoms with E-state index >= 15 is 0 Å². The zero-order valence-electron chi connectivity index (χ0n) is 16.2. The zero-order chi connectivity index (χ0) is 20.0. The Labute approximate surface area is 229 Å². The van der Waals surface area contributed by atoms with E-state index in [4.69, 9.17) is 0 Å². The third-order valence-electron chi connectivity index (χ3n) is 5.85. The number of hydrogen-bond donors (Lipinski definition) is 2. The maximum Gasteiger partial charge on any atom is -1.00 e. The Kier molecular flexibility index (Phi) is 6.10. The smallest absolute Gasteiger partial charge is 1.00 e. The maximum atomic E-state index is 3.76. The van der Waals surface area contributed by atoms with Gasteiger partial charge in [0.05, 0.1) is 0 Å². The minimum atomic E-state index is -1.10. The van der Waals surface area contributed by atoms with Crippen molar-refractivity contribution in [3.8, 4) is 22.3 Å². The van der Waals surface area contributed by atoms with Gasteiger partial charge in [-0.05, 0) is 0 Å². The minimum absolute atomic E-state index is 0. The summed E-state index contributed by atoms with van der Waals surface area (Å²) < 4.78 is 5.11. The van der Waals surface area contributed by atoms with Crippen LogP contribution in [0.3, 0.4) is 0 Å². The maximum absolute atomic E-state index is 3.76. The summed E-state index contributed by atoms with van der Waals surface area (Å²) in [6, 6.07) is 18.1. The molecule has 2 N–H and O–H groups in total. The first-order valence-electron chi connectivity index (χ1n) is 9.57. The number of aromatic amines is 2. The Morgan fingerprint density at radius 3 is 1.59 bits per heavy atom. The summed E-state index contributed by atoms with van der Waals surface area (Å²) >= 11 is 8.29. The molecule has 156 valence electrons. The Hall–Kier alpha value is -0.747. The number of nitrogens with one attached hydrogen (secondary N) is 2. The van der Waals surface area contributed by atoms with Gasteiger partial charge in [0.25, 0.3) is 0 Å². The van der Waals surface area contributed by atoms with E-state index in [1.165, 1.54) is 60.4 Å². The van der Waals surface area contributed by atoms with E-state index < -0.39 is 23.2 Å². The van der Waals surface area contributed by atoms with Gasteiger partial charge in [0.1, 0.15) is 0 Å². The molecule has 0 radical (unpaired) electrons. The Bertz CT molecular complexity index is 1480. The van der Waals surface area contributed by atoms with Gasteiger partial charge >= 0.3 is 207 Å². The van der Waals surface area contributed by atoms with Gasteiger partial charge < -0.3 is 24.8 Å². The fourth-order valence-corrected chi connectivity index (χ4v) is 10.5. The summed E-state index contributed by atoms with van der Waals surface area (Å²) in [7, 11) is 0. The molecular formula is C24H12Br2Cl2N2SZr. The number of benzene rings is 2. The Morgan fingerprint density at radius 2 is 1.12 bits per heavy atom. The van der Waals surface area contributed by atoms with E-state index in [9.17, 15) is 0 Å². The van der Waals surface area contributed by atoms with E-state index in [0.29, 0.717) is 0 Å². The zero-order valence-corrected chi connectivity index (χ0v) is 24.2. The van der Waals surface area contributed by atoms with Crippen LogP contribution in [0.1, 0.15) is 0 Å². The number of pyridine rings is 2. The number of halogens is 4. The third kappa shape index (κ3) is 3.37. The average Bonchev–Trinajstić information content (AvgIpc) is 3.26. The van der Waals surface area contributed by atoms with Gasteiger partial charge in [-0.2, -0.15) is 0 Å². The van der Waals surface area contributed by atoms with Crippen molar-refractivity contribution >= 4 is 72.0 Å². The van der Waals surface area contributed by atoms with Crippen LogP contribution >= 0.6 is 43.6 Å². The summed E-state index contributed by atoms with van der Waals surface area (Å²) in [6.07, 6.45) is 4.22. The summed E-state index contributed by atoms with van der Waals surface area (Å²) in [5, 5.41) is 5.36. The molecule has 8 heteroatoms. The molecule has 0 amide bonds. The molecule has 2 aromatic carbocycles. The minimum Gasteiger partial charge on any atom is -1.00 e. The van der Waals surface area contributed by atoms with E-state index in [2.05, 4.69) is 103 Å².